The fourth-order valence-electron chi connectivity index (χ4n) is 1.59. The first-order chi connectivity index (χ1) is 6.77. The van der Waals surface area contributed by atoms with Gasteiger partial charge in [-0.2, -0.15) is 0 Å². The van der Waals surface area contributed by atoms with Crippen molar-refractivity contribution in [2.24, 2.45) is 0 Å². The molecule has 1 atom stereocenters. The van der Waals surface area contributed by atoms with Crippen LogP contribution in [0.1, 0.15) is 17.9 Å². The molecule has 0 aliphatic carbocycles. The predicted octanol–water partition coefficient (Wildman–Crippen LogP) is -0.584. The third-order valence-corrected chi connectivity index (χ3v) is 2.38. The molecule has 1 fully saturated rings. The molecule has 2 N–H and O–H groups in total. The summed E-state index contributed by atoms with van der Waals surface area (Å²) >= 11 is 0. The van der Waals surface area contributed by atoms with Crippen LogP contribution in [0.2, 0.25) is 0 Å². The van der Waals surface area contributed by atoms with E-state index in [1.54, 1.807) is 6.20 Å². The second-order valence-electron chi connectivity index (χ2n) is 3.33. The summed E-state index contributed by atoms with van der Waals surface area (Å²) in [6.45, 7) is 1.37. The van der Waals surface area contributed by atoms with Gasteiger partial charge in [0.15, 0.2) is 0 Å². The average Bonchev–Trinajstić information content (AvgIpc) is 2.20. The van der Waals surface area contributed by atoms with Crippen LogP contribution in [0.4, 0.5) is 0 Å². The number of Topliss-reactive ketones (excluding diaryl/α,β-unsaturated/α-hetero) is 1. The Morgan fingerprint density at radius 3 is 2.93 bits per heavy atom. The average molecular weight is 193 g/mol. The fourth-order valence-corrected chi connectivity index (χ4v) is 1.59. The first kappa shape index (κ1) is 9.08. The maximum atomic E-state index is 11.5. The number of carbonyl (C=O) groups is 1. The van der Waals surface area contributed by atoms with E-state index in [0.717, 1.165) is 12.1 Å². The van der Waals surface area contributed by atoms with Gasteiger partial charge >= 0.3 is 5.69 Å². The molecule has 5 heteroatoms. The molecule has 1 aromatic rings. The van der Waals surface area contributed by atoms with Crippen molar-refractivity contribution in [3.8, 4) is 0 Å². The Labute approximate surface area is 80.6 Å². The van der Waals surface area contributed by atoms with Crippen LogP contribution in [0.15, 0.2) is 17.2 Å². The third-order valence-electron chi connectivity index (χ3n) is 2.38. The highest BCUT2D eigenvalue weighted by Crippen LogP contribution is 2.17. The summed E-state index contributed by atoms with van der Waals surface area (Å²) in [5.74, 6) is 0.0469. The lowest BCUT2D eigenvalue weighted by atomic mass is 9.92. The molecule has 0 spiro atoms. The molecule has 1 saturated heterocycles. The number of aromatic nitrogens is 2. The van der Waals surface area contributed by atoms with Crippen LogP contribution in [-0.2, 0) is 4.79 Å². The highest BCUT2D eigenvalue weighted by molar-refractivity contribution is 5.86. The van der Waals surface area contributed by atoms with E-state index in [2.05, 4.69) is 15.3 Å². The van der Waals surface area contributed by atoms with Crippen LogP contribution < -0.4 is 11.0 Å². The number of hydrogen-bond donors (Lipinski definition) is 2. The van der Waals surface area contributed by atoms with Crippen molar-refractivity contribution < 1.29 is 4.79 Å². The normalized spacial score (nSPS) is 22.3. The van der Waals surface area contributed by atoms with E-state index in [0.29, 0.717) is 13.0 Å². The molecule has 0 radical (unpaired) electrons. The van der Waals surface area contributed by atoms with E-state index in [1.165, 1.54) is 6.20 Å². The smallest absolute Gasteiger partial charge is 0.315 e. The Kier molecular flexibility index (Phi) is 2.41. The number of aromatic amines is 1. The van der Waals surface area contributed by atoms with E-state index >= 15 is 0 Å². The number of nitrogens with zero attached hydrogens (tertiary/aromatic N) is 1. The number of rotatable bonds is 1. The first-order valence-electron chi connectivity index (χ1n) is 4.55. The van der Waals surface area contributed by atoms with E-state index in [9.17, 15) is 9.59 Å². The minimum Gasteiger partial charge on any atom is -0.315 e. The molecule has 0 saturated carbocycles. The van der Waals surface area contributed by atoms with Crippen LogP contribution in [0, 0.1) is 0 Å². The number of H-pyrrole nitrogens is 1. The molecule has 5 nitrogen and oxygen atoms in total. The molecule has 74 valence electrons. The van der Waals surface area contributed by atoms with Gasteiger partial charge in [-0.3, -0.25) is 4.79 Å². The van der Waals surface area contributed by atoms with Crippen molar-refractivity contribution in [2.45, 2.75) is 12.3 Å². The summed E-state index contributed by atoms with van der Waals surface area (Å²) in [5.41, 5.74) is 0.395. The second-order valence-corrected chi connectivity index (χ2v) is 3.33. The van der Waals surface area contributed by atoms with Crippen molar-refractivity contribution in [3.05, 3.63) is 28.4 Å². The number of piperidine rings is 1. The molecule has 0 amide bonds. The molecule has 0 aromatic carbocycles. The molecule has 1 aliphatic heterocycles. The van der Waals surface area contributed by atoms with Gasteiger partial charge in [0.1, 0.15) is 5.78 Å². The Bertz CT molecular complexity index is 379. The topological polar surface area (TPSA) is 74.8 Å². The van der Waals surface area contributed by atoms with Crippen molar-refractivity contribution in [3.63, 3.8) is 0 Å². The number of hydrogen-bond acceptors (Lipinski definition) is 4. The highest BCUT2D eigenvalue weighted by atomic mass is 16.1. The number of carbonyl (C=O) groups excluding carboxylic acids is 1. The molecule has 14 heavy (non-hydrogen) atoms. The quantitative estimate of drug-likeness (QED) is 0.625. The van der Waals surface area contributed by atoms with E-state index < -0.39 is 0 Å². The lowest BCUT2D eigenvalue weighted by Gasteiger charge is -2.21. The zero-order chi connectivity index (χ0) is 9.97. The number of ketones is 1. The summed E-state index contributed by atoms with van der Waals surface area (Å²) in [7, 11) is 0. The minimum atomic E-state index is -0.384. The molecule has 1 aliphatic rings. The fraction of sp³-hybridized carbons (Fsp3) is 0.444. The molecule has 2 rings (SSSR count). The highest BCUT2D eigenvalue weighted by Gasteiger charge is 2.23. The van der Waals surface area contributed by atoms with Crippen LogP contribution >= 0.6 is 0 Å². The van der Waals surface area contributed by atoms with Gasteiger partial charge in [0.05, 0.1) is 5.92 Å². The van der Waals surface area contributed by atoms with Gasteiger partial charge in [-0.1, -0.05) is 0 Å². The van der Waals surface area contributed by atoms with Crippen molar-refractivity contribution in [1.29, 1.82) is 0 Å². The van der Waals surface area contributed by atoms with E-state index in [4.69, 9.17) is 0 Å². The van der Waals surface area contributed by atoms with Gasteiger partial charge in [0.25, 0.3) is 0 Å². The zero-order valence-electron chi connectivity index (χ0n) is 7.62. The second kappa shape index (κ2) is 3.71. The standard InChI is InChI=1S/C9H11N3O2/c13-8-1-2-10-5-7(8)6-3-11-9(14)12-4-6/h3-4,7,10H,1-2,5H2,(H,11,12,14). The van der Waals surface area contributed by atoms with Crippen LogP contribution in [0.5, 0.6) is 0 Å². The Balaban J connectivity index is 2.25. The Morgan fingerprint density at radius 1 is 1.43 bits per heavy atom. The Morgan fingerprint density at radius 2 is 2.29 bits per heavy atom. The lowest BCUT2D eigenvalue weighted by molar-refractivity contribution is -0.121. The molecular formula is C9H11N3O2. The maximum absolute atomic E-state index is 11.5. The van der Waals surface area contributed by atoms with Gasteiger partial charge in [-0.25, -0.2) is 9.78 Å². The lowest BCUT2D eigenvalue weighted by Crippen LogP contribution is -2.35. The summed E-state index contributed by atoms with van der Waals surface area (Å²) in [4.78, 5) is 28.3. The van der Waals surface area contributed by atoms with Crippen LogP contribution in [0.25, 0.3) is 0 Å². The first-order valence-corrected chi connectivity index (χ1v) is 4.55. The molecule has 1 aromatic heterocycles. The third kappa shape index (κ3) is 1.72. The summed E-state index contributed by atoms with van der Waals surface area (Å²) in [6, 6.07) is 0. The van der Waals surface area contributed by atoms with Crippen molar-refractivity contribution in [1.82, 2.24) is 15.3 Å². The van der Waals surface area contributed by atoms with Gasteiger partial charge in [-0.05, 0) is 5.56 Å². The van der Waals surface area contributed by atoms with Gasteiger partial charge in [0, 0.05) is 31.9 Å². The molecule has 0 bridgehead atoms. The predicted molar refractivity (Wildman–Crippen MR) is 50.1 cm³/mol. The summed E-state index contributed by atoms with van der Waals surface area (Å²) < 4.78 is 0. The number of nitrogens with one attached hydrogen (secondary N) is 2. The van der Waals surface area contributed by atoms with Crippen molar-refractivity contribution >= 4 is 5.78 Å². The molecule has 1 unspecified atom stereocenters. The molecular weight excluding hydrogens is 182 g/mol. The monoisotopic (exact) mass is 193 g/mol. The van der Waals surface area contributed by atoms with Gasteiger partial charge in [-0.15, -0.1) is 0 Å². The Hall–Kier alpha value is -1.49. The summed E-state index contributed by atoms with van der Waals surface area (Å²) in [5, 5.41) is 3.14. The largest absolute Gasteiger partial charge is 0.344 e. The molecule has 2 heterocycles. The minimum absolute atomic E-state index is 0.159. The van der Waals surface area contributed by atoms with Gasteiger partial charge < -0.3 is 10.3 Å². The maximum Gasteiger partial charge on any atom is 0.344 e. The van der Waals surface area contributed by atoms with E-state index in [1.807, 2.05) is 0 Å². The SMILES string of the molecule is O=C1CCNCC1c1cnc(=O)[nH]c1. The zero-order valence-corrected chi connectivity index (χ0v) is 7.62. The summed E-state index contributed by atoms with van der Waals surface area (Å²) in [6.07, 6.45) is 3.57. The van der Waals surface area contributed by atoms with Crippen LogP contribution in [0.3, 0.4) is 0 Å². The van der Waals surface area contributed by atoms with E-state index in [-0.39, 0.29) is 17.4 Å². The van der Waals surface area contributed by atoms with Crippen LogP contribution in [-0.4, -0.2) is 28.8 Å². The van der Waals surface area contributed by atoms with Crippen molar-refractivity contribution in [2.75, 3.05) is 13.1 Å². The van der Waals surface area contributed by atoms with Gasteiger partial charge in [0.2, 0.25) is 0 Å².